The maximum absolute atomic E-state index is 13.0. The Morgan fingerprint density at radius 3 is 1.21 bits per heavy atom. The van der Waals surface area contributed by atoms with E-state index in [4.69, 9.17) is 0 Å². The van der Waals surface area contributed by atoms with Crippen LogP contribution in [0.5, 0.6) is 0 Å². The van der Waals surface area contributed by atoms with Crippen LogP contribution in [0.3, 0.4) is 0 Å². The SMILES string of the molecule is O=C(c1ccc(C2(Br)CCCCC2)cc1)c1ccc(C2(Br)CCCCC2)cc1. The highest BCUT2D eigenvalue weighted by atomic mass is 79.9. The first kappa shape index (κ1) is 20.3. The van der Waals surface area contributed by atoms with E-state index >= 15 is 0 Å². The van der Waals surface area contributed by atoms with Crippen LogP contribution in [0, 0.1) is 0 Å². The summed E-state index contributed by atoms with van der Waals surface area (Å²) in [7, 11) is 0. The van der Waals surface area contributed by atoms with Gasteiger partial charge >= 0.3 is 0 Å². The molecule has 1 nitrogen and oxygen atoms in total. The third-order valence-electron chi connectivity index (χ3n) is 6.62. The molecule has 3 heteroatoms. The van der Waals surface area contributed by atoms with Gasteiger partial charge in [0.2, 0.25) is 0 Å². The number of rotatable bonds is 4. The number of benzene rings is 2. The van der Waals surface area contributed by atoms with Crippen molar-refractivity contribution in [2.45, 2.75) is 72.9 Å². The van der Waals surface area contributed by atoms with Gasteiger partial charge in [-0.15, -0.1) is 0 Å². The Kier molecular flexibility index (Phi) is 6.13. The minimum absolute atomic E-state index is 0.0959. The summed E-state index contributed by atoms with van der Waals surface area (Å²) in [6, 6.07) is 16.5. The van der Waals surface area contributed by atoms with E-state index in [1.807, 2.05) is 24.3 Å². The first-order valence-corrected chi connectivity index (χ1v) is 12.2. The number of carbonyl (C=O) groups excluding carboxylic acids is 1. The van der Waals surface area contributed by atoms with Crippen molar-refractivity contribution in [1.29, 1.82) is 0 Å². The summed E-state index contributed by atoms with van der Waals surface area (Å²) < 4.78 is 0.192. The maximum atomic E-state index is 13.0. The molecule has 2 aliphatic rings. The molecule has 0 bridgehead atoms. The fourth-order valence-corrected chi connectivity index (χ4v) is 6.46. The maximum Gasteiger partial charge on any atom is 0.193 e. The van der Waals surface area contributed by atoms with Crippen molar-refractivity contribution in [1.82, 2.24) is 0 Å². The van der Waals surface area contributed by atoms with Crippen LogP contribution in [0.2, 0.25) is 0 Å². The zero-order valence-corrected chi connectivity index (χ0v) is 19.5. The Balaban J connectivity index is 1.50. The number of hydrogen-bond donors (Lipinski definition) is 0. The summed E-state index contributed by atoms with van der Waals surface area (Å²) in [5.74, 6) is 0.109. The van der Waals surface area contributed by atoms with E-state index in [-0.39, 0.29) is 14.4 Å². The largest absolute Gasteiger partial charge is 0.289 e. The van der Waals surface area contributed by atoms with Crippen LogP contribution in [0.25, 0.3) is 0 Å². The summed E-state index contributed by atoms with van der Waals surface area (Å²) in [5, 5.41) is 0. The molecule has 0 saturated heterocycles. The van der Waals surface area contributed by atoms with Crippen LogP contribution in [0.4, 0.5) is 0 Å². The smallest absolute Gasteiger partial charge is 0.193 e. The van der Waals surface area contributed by atoms with Gasteiger partial charge in [0.05, 0.1) is 8.65 Å². The lowest BCUT2D eigenvalue weighted by molar-refractivity contribution is 0.103. The van der Waals surface area contributed by atoms with Crippen LogP contribution in [-0.2, 0) is 8.65 Å². The summed E-state index contributed by atoms with van der Waals surface area (Å²) in [6.45, 7) is 0. The Hall–Kier alpha value is -0.930. The van der Waals surface area contributed by atoms with E-state index in [1.165, 1.54) is 75.3 Å². The lowest BCUT2D eigenvalue weighted by atomic mass is 9.83. The van der Waals surface area contributed by atoms with Crippen LogP contribution in [0.1, 0.15) is 91.3 Å². The van der Waals surface area contributed by atoms with E-state index in [0.717, 1.165) is 11.1 Å². The number of carbonyl (C=O) groups is 1. The van der Waals surface area contributed by atoms with E-state index < -0.39 is 0 Å². The minimum atomic E-state index is 0.0959. The molecule has 0 unspecified atom stereocenters. The zero-order valence-electron chi connectivity index (χ0n) is 16.4. The van der Waals surface area contributed by atoms with Crippen LogP contribution >= 0.6 is 31.9 Å². The molecule has 0 spiro atoms. The van der Waals surface area contributed by atoms with E-state index in [0.29, 0.717) is 0 Å². The molecule has 2 aliphatic carbocycles. The van der Waals surface area contributed by atoms with E-state index in [9.17, 15) is 4.79 Å². The average Bonchev–Trinajstić information content (AvgIpc) is 2.74. The number of hydrogen-bond acceptors (Lipinski definition) is 1. The van der Waals surface area contributed by atoms with E-state index in [2.05, 4.69) is 56.1 Å². The Labute approximate surface area is 185 Å². The second kappa shape index (κ2) is 8.44. The highest BCUT2D eigenvalue weighted by Crippen LogP contribution is 2.45. The molecule has 0 amide bonds. The fourth-order valence-electron chi connectivity index (χ4n) is 4.81. The molecule has 2 saturated carbocycles. The molecule has 2 aromatic carbocycles. The predicted molar refractivity (Wildman–Crippen MR) is 124 cm³/mol. The summed E-state index contributed by atoms with van der Waals surface area (Å²) in [6.07, 6.45) is 12.4. The first-order valence-electron chi connectivity index (χ1n) is 10.6. The molecular formula is C25H28Br2O. The van der Waals surface area contributed by atoms with Gasteiger partial charge in [-0.25, -0.2) is 0 Å². The normalized spacial score (nSPS) is 21.2. The lowest BCUT2D eigenvalue weighted by Crippen LogP contribution is -2.21. The topological polar surface area (TPSA) is 17.1 Å². The summed E-state index contributed by atoms with van der Waals surface area (Å²) in [5.41, 5.74) is 4.15. The Bertz CT molecular complexity index is 741. The minimum Gasteiger partial charge on any atom is -0.289 e. The monoisotopic (exact) mass is 502 g/mol. The fraction of sp³-hybridized carbons (Fsp3) is 0.480. The average molecular weight is 504 g/mol. The van der Waals surface area contributed by atoms with Gasteiger partial charge in [0.15, 0.2) is 5.78 Å². The molecule has 0 atom stereocenters. The molecule has 0 aromatic heterocycles. The molecular weight excluding hydrogens is 476 g/mol. The molecule has 0 N–H and O–H groups in total. The van der Waals surface area contributed by atoms with Crippen LogP contribution < -0.4 is 0 Å². The zero-order chi connectivity index (χ0) is 19.6. The van der Waals surface area contributed by atoms with Crippen molar-refractivity contribution in [2.24, 2.45) is 0 Å². The van der Waals surface area contributed by atoms with Gasteiger partial charge in [0, 0.05) is 11.1 Å². The third kappa shape index (κ3) is 4.16. The molecule has 0 heterocycles. The highest BCUT2D eigenvalue weighted by Gasteiger charge is 2.32. The van der Waals surface area contributed by atoms with E-state index in [1.54, 1.807) is 0 Å². The van der Waals surface area contributed by atoms with Crippen molar-refractivity contribution in [2.75, 3.05) is 0 Å². The van der Waals surface area contributed by atoms with Gasteiger partial charge in [-0.1, -0.05) is 119 Å². The molecule has 0 aliphatic heterocycles. The predicted octanol–water partition coefficient (Wildman–Crippen LogP) is 8.03. The van der Waals surface area contributed by atoms with Crippen molar-refractivity contribution < 1.29 is 4.79 Å². The van der Waals surface area contributed by atoms with Crippen molar-refractivity contribution in [3.63, 3.8) is 0 Å². The van der Waals surface area contributed by atoms with Gasteiger partial charge in [-0.05, 0) is 36.8 Å². The number of ketones is 1. The molecule has 28 heavy (non-hydrogen) atoms. The number of halogens is 2. The highest BCUT2D eigenvalue weighted by molar-refractivity contribution is 9.09. The molecule has 2 aromatic rings. The van der Waals surface area contributed by atoms with Gasteiger partial charge < -0.3 is 0 Å². The number of alkyl halides is 2. The van der Waals surface area contributed by atoms with Gasteiger partial charge in [-0.2, -0.15) is 0 Å². The van der Waals surface area contributed by atoms with Crippen LogP contribution in [0.15, 0.2) is 48.5 Å². The summed E-state index contributed by atoms with van der Waals surface area (Å²) >= 11 is 7.94. The first-order chi connectivity index (χ1) is 13.5. The van der Waals surface area contributed by atoms with Crippen molar-refractivity contribution in [3.05, 3.63) is 70.8 Å². The standard InChI is InChI=1S/C25H28Br2O/c26-24(15-3-1-4-16-24)21-11-7-19(8-12-21)23(28)20-9-13-22(14-10-20)25(27)17-5-2-6-18-25/h7-14H,1-6,15-18H2. The quantitative estimate of drug-likeness (QED) is 0.305. The Morgan fingerprint density at radius 2 is 0.893 bits per heavy atom. The summed E-state index contributed by atoms with van der Waals surface area (Å²) in [4.78, 5) is 13.0. The second-order valence-electron chi connectivity index (χ2n) is 8.54. The molecule has 148 valence electrons. The lowest BCUT2D eigenvalue weighted by Gasteiger charge is -2.32. The molecule has 2 fully saturated rings. The van der Waals surface area contributed by atoms with Gasteiger partial charge in [0.25, 0.3) is 0 Å². The molecule has 4 rings (SSSR count). The van der Waals surface area contributed by atoms with Crippen molar-refractivity contribution >= 4 is 37.6 Å². The van der Waals surface area contributed by atoms with Gasteiger partial charge in [-0.3, -0.25) is 4.79 Å². The van der Waals surface area contributed by atoms with Crippen LogP contribution in [-0.4, -0.2) is 5.78 Å². The van der Waals surface area contributed by atoms with Crippen molar-refractivity contribution in [3.8, 4) is 0 Å². The Morgan fingerprint density at radius 1 is 0.571 bits per heavy atom. The van der Waals surface area contributed by atoms with Gasteiger partial charge in [0.1, 0.15) is 0 Å². The molecule has 0 radical (unpaired) electrons. The third-order valence-corrected chi connectivity index (χ3v) is 9.12. The second-order valence-corrected chi connectivity index (χ2v) is 11.6.